The number of aliphatic hydroxyl groups excluding tert-OH is 2. The number of aromatic nitrogens is 2. The Kier molecular flexibility index (Phi) is 33.4. The fourth-order valence-electron chi connectivity index (χ4n) is 7.98. The molecule has 0 aromatic carbocycles. The van der Waals surface area contributed by atoms with Crippen molar-refractivity contribution in [2.45, 2.75) is 152 Å². The molecule has 1 aliphatic heterocycles. The van der Waals surface area contributed by atoms with Crippen molar-refractivity contribution in [1.82, 2.24) is 46.8 Å². The number of aliphatic hydroxyl groups is 2. The molecular formula is C48H86N18O11. The number of aromatic amines is 1. The number of nitrogens with zero attached hydrogens (tertiary/aromatic N) is 4. The summed E-state index contributed by atoms with van der Waals surface area (Å²) >= 11 is 0. The van der Waals surface area contributed by atoms with Crippen molar-refractivity contribution in [2.24, 2.45) is 50.1 Å². The predicted octanol–water partition coefficient (Wildman–Crippen LogP) is -6.06. The SMILES string of the molecule is NCCCCNC(=O)[C@H](CCCCN)NC(=O)/C(CCCCN)=N/C(=O)[C@H](CCCCN)NC(=O)[C@H](Cc1cnc[nH]1)NC(=O)[C@@H]1CCCN1C(=O)/C(CCCN)=N/C(=O)CNC(=O)[C@@H](NC(=O)C[C@@H](O)CN)[C@@H](O)CN. The smallest absolute Gasteiger partial charge is 0.269 e. The zero-order valence-corrected chi connectivity index (χ0v) is 44.2. The molecule has 23 N–H and O–H groups in total. The normalized spacial score (nSPS) is 16.1. The number of hydrogen-bond acceptors (Lipinski definition) is 19. The molecule has 29 nitrogen and oxygen atoms in total. The molecule has 1 aromatic heterocycles. The lowest BCUT2D eigenvalue weighted by molar-refractivity contribution is -0.136. The predicted molar refractivity (Wildman–Crippen MR) is 286 cm³/mol. The fraction of sp³-hybridized carbons (Fsp3) is 0.708. The lowest BCUT2D eigenvalue weighted by atomic mass is 10.0. The number of nitrogens with two attached hydrogens (primary N) is 7. The number of amides is 9. The van der Waals surface area contributed by atoms with E-state index < -0.39 is 115 Å². The van der Waals surface area contributed by atoms with Crippen molar-refractivity contribution in [1.29, 1.82) is 0 Å². The van der Waals surface area contributed by atoms with Gasteiger partial charge in [0.05, 0.1) is 31.5 Å². The van der Waals surface area contributed by atoms with Crippen LogP contribution in [0.3, 0.4) is 0 Å². The Morgan fingerprint density at radius 2 is 1.31 bits per heavy atom. The molecule has 0 radical (unpaired) electrons. The number of H-pyrrole nitrogens is 1. The van der Waals surface area contributed by atoms with E-state index in [9.17, 15) is 53.4 Å². The van der Waals surface area contributed by atoms with Crippen LogP contribution >= 0.6 is 0 Å². The molecule has 7 atom stereocenters. The Morgan fingerprint density at radius 1 is 0.675 bits per heavy atom. The van der Waals surface area contributed by atoms with Crippen LogP contribution in [0.4, 0.5) is 0 Å². The molecule has 434 valence electrons. The summed E-state index contributed by atoms with van der Waals surface area (Å²) in [6, 6.07) is -6.42. The summed E-state index contributed by atoms with van der Waals surface area (Å²) in [5, 5.41) is 35.6. The van der Waals surface area contributed by atoms with Crippen molar-refractivity contribution in [3.8, 4) is 0 Å². The van der Waals surface area contributed by atoms with Gasteiger partial charge >= 0.3 is 0 Å². The molecule has 0 spiro atoms. The van der Waals surface area contributed by atoms with E-state index in [1.807, 2.05) is 0 Å². The Hall–Kier alpha value is -6.18. The second kappa shape index (κ2) is 38.4. The molecule has 0 bridgehead atoms. The molecule has 0 unspecified atom stereocenters. The molecule has 1 saturated heterocycles. The van der Waals surface area contributed by atoms with Gasteiger partial charge < -0.3 is 92.1 Å². The second-order valence-electron chi connectivity index (χ2n) is 18.6. The van der Waals surface area contributed by atoms with Crippen LogP contribution in [0.15, 0.2) is 22.5 Å². The van der Waals surface area contributed by atoms with Crippen molar-refractivity contribution in [3.63, 3.8) is 0 Å². The number of unbranched alkanes of at least 4 members (excludes halogenated alkanes) is 4. The number of aliphatic imine (C=N–C) groups is 2. The van der Waals surface area contributed by atoms with Crippen molar-refractivity contribution < 1.29 is 53.4 Å². The van der Waals surface area contributed by atoms with Gasteiger partial charge in [0.15, 0.2) is 0 Å². The first-order valence-electron chi connectivity index (χ1n) is 26.5. The molecule has 0 aliphatic carbocycles. The Balaban J connectivity index is 2.42. The minimum atomic E-state index is -1.62. The van der Waals surface area contributed by atoms with Crippen molar-refractivity contribution >= 4 is 64.6 Å². The quantitative estimate of drug-likeness (QED) is 0.0215. The average Bonchev–Trinajstić information content (AvgIpc) is 4.14. The molecule has 2 heterocycles. The highest BCUT2D eigenvalue weighted by atomic mass is 16.3. The van der Waals surface area contributed by atoms with E-state index in [-0.39, 0.29) is 82.5 Å². The number of nitrogens with one attached hydrogen (secondary N) is 7. The number of hydrogen-bond donors (Lipinski definition) is 16. The van der Waals surface area contributed by atoms with Crippen molar-refractivity contribution in [3.05, 3.63) is 18.2 Å². The summed E-state index contributed by atoms with van der Waals surface area (Å²) in [6.07, 6.45) is 4.48. The summed E-state index contributed by atoms with van der Waals surface area (Å²) in [6.45, 7) is 0.420. The summed E-state index contributed by atoms with van der Waals surface area (Å²) in [5.41, 5.74) is 39.4. The Morgan fingerprint density at radius 3 is 1.94 bits per heavy atom. The first-order chi connectivity index (χ1) is 37.0. The van der Waals surface area contributed by atoms with Gasteiger partial charge in [-0.25, -0.2) is 15.0 Å². The number of carbonyl (C=O) groups excluding carboxylic acids is 9. The highest BCUT2D eigenvalue weighted by Crippen LogP contribution is 2.20. The Labute approximate surface area is 449 Å². The van der Waals surface area contributed by atoms with Gasteiger partial charge in [-0.1, -0.05) is 0 Å². The van der Waals surface area contributed by atoms with Gasteiger partial charge in [0, 0.05) is 44.5 Å². The first-order valence-corrected chi connectivity index (χ1v) is 26.5. The Bertz CT molecular complexity index is 2080. The lowest BCUT2D eigenvalue weighted by Gasteiger charge is -2.27. The third-order valence-electron chi connectivity index (χ3n) is 12.3. The van der Waals surface area contributed by atoms with Crippen LogP contribution in [-0.4, -0.2) is 198 Å². The van der Waals surface area contributed by atoms with E-state index in [2.05, 4.69) is 51.9 Å². The van der Waals surface area contributed by atoms with E-state index in [0.29, 0.717) is 89.7 Å². The topological polar surface area (TPSA) is 505 Å². The van der Waals surface area contributed by atoms with E-state index in [0.717, 1.165) is 0 Å². The van der Waals surface area contributed by atoms with Gasteiger partial charge in [0.1, 0.15) is 41.6 Å². The van der Waals surface area contributed by atoms with Crippen LogP contribution < -0.4 is 72.0 Å². The summed E-state index contributed by atoms with van der Waals surface area (Å²) in [7, 11) is 0. The summed E-state index contributed by atoms with van der Waals surface area (Å²) < 4.78 is 0. The van der Waals surface area contributed by atoms with Crippen molar-refractivity contribution in [2.75, 3.05) is 65.4 Å². The van der Waals surface area contributed by atoms with E-state index in [1.165, 1.54) is 17.4 Å². The minimum absolute atomic E-state index is 0.0230. The number of imidazole rings is 1. The molecule has 1 aliphatic rings. The molecule has 0 saturated carbocycles. The number of likely N-dealkylation sites (tertiary alicyclic amines) is 1. The van der Waals surface area contributed by atoms with Crippen LogP contribution in [0.2, 0.25) is 0 Å². The van der Waals surface area contributed by atoms with E-state index >= 15 is 0 Å². The molecule has 9 amide bonds. The molecular weight excluding hydrogens is 1000 g/mol. The van der Waals surface area contributed by atoms with Crippen LogP contribution in [0.1, 0.15) is 108 Å². The third kappa shape index (κ3) is 25.2. The monoisotopic (exact) mass is 1090 g/mol. The fourth-order valence-corrected chi connectivity index (χ4v) is 7.98. The number of carbonyl (C=O) groups is 9. The minimum Gasteiger partial charge on any atom is -0.391 e. The van der Waals surface area contributed by atoms with E-state index in [1.54, 1.807) is 0 Å². The largest absolute Gasteiger partial charge is 0.391 e. The molecule has 1 fully saturated rings. The van der Waals surface area contributed by atoms with Crippen LogP contribution in [-0.2, 0) is 49.6 Å². The van der Waals surface area contributed by atoms with Crippen LogP contribution in [0.25, 0.3) is 0 Å². The maximum absolute atomic E-state index is 14.4. The van der Waals surface area contributed by atoms with Gasteiger partial charge in [0.25, 0.3) is 23.6 Å². The molecule has 29 heteroatoms. The van der Waals surface area contributed by atoms with Gasteiger partial charge in [0.2, 0.25) is 29.5 Å². The maximum atomic E-state index is 14.4. The van der Waals surface area contributed by atoms with Crippen LogP contribution in [0.5, 0.6) is 0 Å². The van der Waals surface area contributed by atoms with Crippen LogP contribution in [0, 0.1) is 0 Å². The zero-order valence-electron chi connectivity index (χ0n) is 44.2. The highest BCUT2D eigenvalue weighted by Gasteiger charge is 2.39. The zero-order chi connectivity index (χ0) is 57.1. The van der Waals surface area contributed by atoms with Gasteiger partial charge in [-0.3, -0.25) is 43.2 Å². The third-order valence-corrected chi connectivity index (χ3v) is 12.3. The second-order valence-corrected chi connectivity index (χ2v) is 18.6. The summed E-state index contributed by atoms with van der Waals surface area (Å²) in [4.78, 5) is 139. The molecule has 2 rings (SSSR count). The van der Waals surface area contributed by atoms with Gasteiger partial charge in [-0.2, -0.15) is 0 Å². The standard InChI is InChI=1S/C48H86N18O11/c49-16-4-1-11-32(42(71)57-21-8-7-19-52)61-43(72)33(12-2-5-17-50)62-44(73)34(13-3-6-18-51)63-45(74)36(23-30-27-56-29-59-30)64-46(75)37-15-10-22-66(37)48(77)35(14-9-20-53)60-40(70)28-58-47(76)41(38(68)26-55)65-39(69)24-31(67)25-54/h27,29,31-32,34,36-38,41,67-68H,1-26,28,49-55H2,(H,56,59)(H,57,71)(H,58,76)(H,61,72)(H,63,74)(H,64,75)(H,65,69)/b60-35+,62-33+/t31-,32+,34+,36+,37+,38+,41+/m1/s1. The summed E-state index contributed by atoms with van der Waals surface area (Å²) in [5.74, 6) is -7.20. The maximum Gasteiger partial charge on any atom is 0.269 e. The lowest BCUT2D eigenvalue weighted by Crippen LogP contribution is -2.56. The van der Waals surface area contributed by atoms with Gasteiger partial charge in [-0.05, 0) is 129 Å². The molecule has 1 aromatic rings. The first kappa shape index (κ1) is 66.9. The van der Waals surface area contributed by atoms with E-state index in [4.69, 9.17) is 40.1 Å². The molecule has 77 heavy (non-hydrogen) atoms. The average molecular weight is 1090 g/mol. The number of rotatable bonds is 39. The van der Waals surface area contributed by atoms with Gasteiger partial charge in [-0.15, -0.1) is 0 Å². The highest BCUT2D eigenvalue weighted by molar-refractivity contribution is 6.41.